The molecule has 2 atom stereocenters. The van der Waals surface area contributed by atoms with Gasteiger partial charge in [0.15, 0.2) is 0 Å². The summed E-state index contributed by atoms with van der Waals surface area (Å²) in [6.45, 7) is 4.51. The van der Waals surface area contributed by atoms with Gasteiger partial charge in [0.25, 0.3) is 0 Å². The van der Waals surface area contributed by atoms with E-state index in [2.05, 4.69) is 37.1 Å². The van der Waals surface area contributed by atoms with Crippen molar-refractivity contribution in [3.63, 3.8) is 0 Å². The van der Waals surface area contributed by atoms with Gasteiger partial charge in [-0.1, -0.05) is 30.5 Å². The van der Waals surface area contributed by atoms with Crippen molar-refractivity contribution in [2.75, 3.05) is 5.01 Å². The Bertz CT molecular complexity index is 441. The highest BCUT2D eigenvalue weighted by Crippen LogP contribution is 2.46. The van der Waals surface area contributed by atoms with E-state index in [1.807, 2.05) is 0 Å². The van der Waals surface area contributed by atoms with Crippen molar-refractivity contribution in [1.82, 2.24) is 0 Å². The molecule has 1 saturated carbocycles. The Kier molecular flexibility index (Phi) is 2.44. The third kappa shape index (κ3) is 1.58. The lowest BCUT2D eigenvalue weighted by Gasteiger charge is -2.52. The van der Waals surface area contributed by atoms with Crippen molar-refractivity contribution >= 4 is 5.69 Å². The Labute approximate surface area is 104 Å². The topological polar surface area (TPSA) is 29.3 Å². The van der Waals surface area contributed by atoms with Crippen LogP contribution in [-0.2, 0) is 6.42 Å². The first-order chi connectivity index (χ1) is 8.11. The van der Waals surface area contributed by atoms with E-state index in [-0.39, 0.29) is 5.54 Å². The second-order valence-electron chi connectivity index (χ2n) is 6.01. The summed E-state index contributed by atoms with van der Waals surface area (Å²) in [5.41, 5.74) is 4.21. The molecule has 0 spiro atoms. The normalized spacial score (nSPS) is 31.9. The molecule has 2 aliphatic rings. The van der Waals surface area contributed by atoms with E-state index in [1.54, 1.807) is 0 Å². The minimum Gasteiger partial charge on any atom is -0.305 e. The third-order valence-electron chi connectivity index (χ3n) is 4.88. The van der Waals surface area contributed by atoms with Crippen LogP contribution in [-0.4, -0.2) is 5.54 Å². The van der Waals surface area contributed by atoms with Crippen LogP contribution in [0, 0.1) is 12.8 Å². The van der Waals surface area contributed by atoms with Crippen LogP contribution in [0.15, 0.2) is 18.2 Å². The zero-order valence-corrected chi connectivity index (χ0v) is 10.9. The van der Waals surface area contributed by atoms with Crippen LogP contribution in [0.1, 0.15) is 43.7 Å². The molecule has 0 aromatic heterocycles. The van der Waals surface area contributed by atoms with Crippen molar-refractivity contribution < 1.29 is 0 Å². The molecule has 3 rings (SSSR count). The van der Waals surface area contributed by atoms with Gasteiger partial charge in [-0.15, -0.1) is 0 Å². The number of aryl methyl sites for hydroxylation is 1. The quantitative estimate of drug-likeness (QED) is 0.694. The van der Waals surface area contributed by atoms with Crippen molar-refractivity contribution in [3.8, 4) is 0 Å². The summed E-state index contributed by atoms with van der Waals surface area (Å²) in [5.74, 6) is 7.15. The number of hydrogen-bond acceptors (Lipinski definition) is 2. The van der Waals surface area contributed by atoms with E-state index in [1.165, 1.54) is 48.9 Å². The SMILES string of the molecule is Cc1ccc2c(c1)CC1CCCCC1(C)N2N. The van der Waals surface area contributed by atoms with Crippen LogP contribution < -0.4 is 10.9 Å². The summed E-state index contributed by atoms with van der Waals surface area (Å²) in [7, 11) is 0. The number of nitrogens with two attached hydrogens (primary N) is 1. The molecule has 2 N–H and O–H groups in total. The Balaban J connectivity index is 2.06. The second-order valence-corrected chi connectivity index (χ2v) is 6.01. The summed E-state index contributed by atoms with van der Waals surface area (Å²) in [4.78, 5) is 0. The maximum Gasteiger partial charge on any atom is 0.0564 e. The molecule has 1 aliphatic heterocycles. The monoisotopic (exact) mass is 230 g/mol. The molecule has 2 heteroatoms. The number of hydrogen-bond donors (Lipinski definition) is 1. The summed E-state index contributed by atoms with van der Waals surface area (Å²) in [6.07, 6.45) is 6.47. The van der Waals surface area contributed by atoms with Crippen molar-refractivity contribution in [2.45, 2.75) is 51.5 Å². The molecule has 17 heavy (non-hydrogen) atoms. The predicted octanol–water partition coefficient (Wildman–Crippen LogP) is 3.18. The summed E-state index contributed by atoms with van der Waals surface area (Å²) in [5, 5.41) is 2.06. The Morgan fingerprint density at radius 2 is 2.18 bits per heavy atom. The van der Waals surface area contributed by atoms with Crippen molar-refractivity contribution in [1.29, 1.82) is 0 Å². The van der Waals surface area contributed by atoms with Gasteiger partial charge < -0.3 is 5.01 Å². The molecule has 1 aromatic carbocycles. The summed E-state index contributed by atoms with van der Waals surface area (Å²) < 4.78 is 0. The fraction of sp³-hybridized carbons (Fsp3) is 0.600. The van der Waals surface area contributed by atoms with Gasteiger partial charge in [0.2, 0.25) is 0 Å². The minimum absolute atomic E-state index is 0.181. The maximum atomic E-state index is 6.42. The van der Waals surface area contributed by atoms with E-state index >= 15 is 0 Å². The molecule has 92 valence electrons. The molecular weight excluding hydrogens is 208 g/mol. The molecule has 0 bridgehead atoms. The Morgan fingerprint density at radius 3 is 3.00 bits per heavy atom. The van der Waals surface area contributed by atoms with Crippen LogP contribution in [0.4, 0.5) is 5.69 Å². The zero-order valence-electron chi connectivity index (χ0n) is 10.9. The highest BCUT2D eigenvalue weighted by Gasteiger charge is 2.44. The first-order valence-electron chi connectivity index (χ1n) is 6.76. The van der Waals surface area contributed by atoms with Crippen LogP contribution in [0.5, 0.6) is 0 Å². The van der Waals surface area contributed by atoms with Gasteiger partial charge in [0.1, 0.15) is 0 Å². The molecular formula is C15H22N2. The Morgan fingerprint density at radius 1 is 1.35 bits per heavy atom. The summed E-state index contributed by atoms with van der Waals surface area (Å²) in [6, 6.07) is 6.68. The van der Waals surface area contributed by atoms with Crippen LogP contribution >= 0.6 is 0 Å². The average molecular weight is 230 g/mol. The first-order valence-corrected chi connectivity index (χ1v) is 6.76. The molecule has 0 saturated heterocycles. The largest absolute Gasteiger partial charge is 0.305 e. The first kappa shape index (κ1) is 11.1. The van der Waals surface area contributed by atoms with Gasteiger partial charge >= 0.3 is 0 Å². The van der Waals surface area contributed by atoms with Crippen molar-refractivity contribution in [3.05, 3.63) is 29.3 Å². The second kappa shape index (κ2) is 3.74. The van der Waals surface area contributed by atoms with Crippen LogP contribution in [0.25, 0.3) is 0 Å². The minimum atomic E-state index is 0.181. The van der Waals surface area contributed by atoms with Gasteiger partial charge in [-0.25, -0.2) is 5.84 Å². The predicted molar refractivity (Wildman–Crippen MR) is 71.9 cm³/mol. The molecule has 0 radical (unpaired) electrons. The molecule has 1 heterocycles. The number of benzene rings is 1. The standard InChI is InChI=1S/C15H22N2/c1-11-6-7-14-12(9-11)10-13-5-3-4-8-15(13,2)17(14)16/h6-7,9,13H,3-5,8,10,16H2,1-2H3. The van der Waals surface area contributed by atoms with E-state index < -0.39 is 0 Å². The molecule has 2 nitrogen and oxygen atoms in total. The van der Waals surface area contributed by atoms with Crippen LogP contribution in [0.2, 0.25) is 0 Å². The number of nitrogens with zero attached hydrogens (tertiary/aromatic N) is 1. The molecule has 2 unspecified atom stereocenters. The number of fused-ring (bicyclic) bond motifs is 2. The number of hydrazine groups is 1. The molecule has 1 aromatic rings. The Hall–Kier alpha value is -1.02. The highest BCUT2D eigenvalue weighted by atomic mass is 15.5. The van der Waals surface area contributed by atoms with Gasteiger partial charge in [-0.2, -0.15) is 0 Å². The lowest BCUT2D eigenvalue weighted by Crippen LogP contribution is -2.60. The average Bonchev–Trinajstić information content (AvgIpc) is 2.31. The molecule has 1 fully saturated rings. The number of rotatable bonds is 0. The third-order valence-corrected chi connectivity index (χ3v) is 4.88. The van der Waals surface area contributed by atoms with Gasteiger partial charge in [-0.3, -0.25) is 0 Å². The smallest absolute Gasteiger partial charge is 0.0564 e. The highest BCUT2D eigenvalue weighted by molar-refractivity contribution is 5.58. The van der Waals surface area contributed by atoms with Crippen molar-refractivity contribution in [2.24, 2.45) is 11.8 Å². The fourth-order valence-electron chi connectivity index (χ4n) is 3.68. The van der Waals surface area contributed by atoms with Gasteiger partial charge in [-0.05, 0) is 50.7 Å². The van der Waals surface area contributed by atoms with E-state index in [0.717, 1.165) is 5.92 Å². The van der Waals surface area contributed by atoms with E-state index in [4.69, 9.17) is 5.84 Å². The fourth-order valence-corrected chi connectivity index (χ4v) is 3.68. The molecule has 1 aliphatic carbocycles. The van der Waals surface area contributed by atoms with E-state index in [9.17, 15) is 0 Å². The number of anilines is 1. The van der Waals surface area contributed by atoms with E-state index in [0.29, 0.717) is 0 Å². The molecule has 0 amide bonds. The summed E-state index contributed by atoms with van der Waals surface area (Å²) >= 11 is 0. The maximum absolute atomic E-state index is 6.42. The van der Waals surface area contributed by atoms with Gasteiger partial charge in [0, 0.05) is 0 Å². The lowest BCUT2D eigenvalue weighted by atomic mass is 9.68. The lowest BCUT2D eigenvalue weighted by molar-refractivity contribution is 0.182. The zero-order chi connectivity index (χ0) is 12.0. The van der Waals surface area contributed by atoms with Crippen LogP contribution in [0.3, 0.4) is 0 Å². The van der Waals surface area contributed by atoms with Gasteiger partial charge in [0.05, 0.1) is 11.2 Å².